The number of likely N-dealkylation sites (tertiary alicyclic amines) is 1. The van der Waals surface area contributed by atoms with Crippen LogP contribution in [-0.4, -0.2) is 34.3 Å². The van der Waals surface area contributed by atoms with Gasteiger partial charge >= 0.3 is 6.18 Å². The Morgan fingerprint density at radius 1 is 1.28 bits per heavy atom. The van der Waals surface area contributed by atoms with Gasteiger partial charge in [-0.05, 0) is 68.8 Å². The van der Waals surface area contributed by atoms with Crippen LogP contribution in [0.15, 0.2) is 12.1 Å². The van der Waals surface area contributed by atoms with Gasteiger partial charge in [0.1, 0.15) is 0 Å². The smallest absolute Gasteiger partial charge is 0.332 e. The second kappa shape index (κ2) is 5.73. The quantitative estimate of drug-likeness (QED) is 0.819. The van der Waals surface area contributed by atoms with Crippen molar-refractivity contribution in [3.8, 4) is 0 Å². The van der Waals surface area contributed by atoms with Crippen molar-refractivity contribution in [1.29, 1.82) is 0 Å². The maximum Gasteiger partial charge on any atom is 0.416 e. The summed E-state index contributed by atoms with van der Waals surface area (Å²) in [7, 11) is 0. The first kappa shape index (κ1) is 16.9. The summed E-state index contributed by atoms with van der Waals surface area (Å²) < 4.78 is 40.8. The molecule has 2 atom stereocenters. The van der Waals surface area contributed by atoms with Gasteiger partial charge in [-0.15, -0.1) is 0 Å². The van der Waals surface area contributed by atoms with E-state index in [2.05, 4.69) is 4.90 Å². The van der Waals surface area contributed by atoms with Crippen LogP contribution in [0, 0.1) is 5.92 Å². The molecule has 3 nitrogen and oxygen atoms in total. The third kappa shape index (κ3) is 2.94. The van der Waals surface area contributed by atoms with E-state index in [-0.39, 0.29) is 29.6 Å². The Labute approximate surface area is 145 Å². The maximum atomic E-state index is 13.6. The highest BCUT2D eigenvalue weighted by atomic mass is 19.4. The van der Waals surface area contributed by atoms with E-state index in [0.717, 1.165) is 25.3 Å². The molecule has 1 saturated heterocycles. The first-order chi connectivity index (χ1) is 11.8. The van der Waals surface area contributed by atoms with Crippen LogP contribution in [0.2, 0.25) is 0 Å². The fourth-order valence-corrected chi connectivity index (χ4v) is 4.39. The lowest BCUT2D eigenvalue weighted by Crippen LogP contribution is -2.31. The molecule has 136 valence electrons. The summed E-state index contributed by atoms with van der Waals surface area (Å²) in [6, 6.07) is 3.38. The Balaban J connectivity index is 1.69. The predicted molar refractivity (Wildman–Crippen MR) is 88.0 cm³/mol. The number of hydrogen-bond donors (Lipinski definition) is 0. The molecule has 1 saturated carbocycles. The van der Waals surface area contributed by atoms with Gasteiger partial charge < -0.3 is 4.90 Å². The van der Waals surface area contributed by atoms with Crippen molar-refractivity contribution in [1.82, 2.24) is 9.80 Å². The summed E-state index contributed by atoms with van der Waals surface area (Å²) in [5, 5.41) is 0. The molecular weight excluding hydrogens is 329 g/mol. The van der Waals surface area contributed by atoms with Crippen LogP contribution in [0.1, 0.15) is 60.2 Å². The van der Waals surface area contributed by atoms with E-state index in [4.69, 9.17) is 0 Å². The molecule has 0 radical (unpaired) electrons. The van der Waals surface area contributed by atoms with E-state index in [9.17, 15) is 18.0 Å². The SMILES string of the molecule is CC(C)N1Cc2c(cc(CN3CCCC4CC43)cc2C(F)(F)F)C1=O. The van der Waals surface area contributed by atoms with E-state index in [1.54, 1.807) is 6.07 Å². The Hall–Kier alpha value is -1.56. The van der Waals surface area contributed by atoms with E-state index in [0.29, 0.717) is 18.2 Å². The van der Waals surface area contributed by atoms with Crippen molar-refractivity contribution in [3.05, 3.63) is 34.4 Å². The average Bonchev–Trinajstić information content (AvgIpc) is 3.25. The topological polar surface area (TPSA) is 23.6 Å². The Morgan fingerprint density at radius 2 is 2.04 bits per heavy atom. The molecule has 2 heterocycles. The van der Waals surface area contributed by atoms with E-state index < -0.39 is 11.7 Å². The van der Waals surface area contributed by atoms with Crippen molar-refractivity contribution in [2.75, 3.05) is 6.54 Å². The second-order valence-corrected chi connectivity index (χ2v) is 7.87. The molecule has 3 aliphatic rings. The summed E-state index contributed by atoms with van der Waals surface area (Å²) >= 11 is 0. The van der Waals surface area contributed by atoms with Crippen molar-refractivity contribution in [2.24, 2.45) is 5.92 Å². The average molecular weight is 352 g/mol. The van der Waals surface area contributed by atoms with Gasteiger partial charge in [0.25, 0.3) is 5.91 Å². The van der Waals surface area contributed by atoms with Gasteiger partial charge in [0, 0.05) is 30.7 Å². The van der Waals surface area contributed by atoms with Gasteiger partial charge in [0.05, 0.1) is 5.56 Å². The number of benzene rings is 1. The number of carbonyl (C=O) groups is 1. The number of nitrogens with zero attached hydrogens (tertiary/aromatic N) is 2. The van der Waals surface area contributed by atoms with Crippen molar-refractivity contribution >= 4 is 5.91 Å². The normalized spacial score (nSPS) is 26.2. The van der Waals surface area contributed by atoms with Crippen molar-refractivity contribution < 1.29 is 18.0 Å². The standard InChI is InChI=1S/C19H23F3N2O/c1-11(2)24-10-15-14(18(24)25)6-12(7-16(15)19(20,21)22)9-23-5-3-4-13-8-17(13)23/h6-7,11,13,17H,3-5,8-10H2,1-2H3. The summed E-state index contributed by atoms with van der Waals surface area (Å²) in [5.41, 5.74) is 0.346. The molecule has 1 aromatic rings. The van der Waals surface area contributed by atoms with E-state index in [1.807, 2.05) is 13.8 Å². The summed E-state index contributed by atoms with van der Waals surface area (Å²) in [5.74, 6) is 0.448. The van der Waals surface area contributed by atoms with Crippen LogP contribution in [0.25, 0.3) is 0 Å². The molecule has 0 spiro atoms. The van der Waals surface area contributed by atoms with Gasteiger partial charge in [-0.2, -0.15) is 13.2 Å². The fraction of sp³-hybridized carbons (Fsp3) is 0.632. The zero-order chi connectivity index (χ0) is 17.9. The largest absolute Gasteiger partial charge is 0.416 e. The van der Waals surface area contributed by atoms with Crippen LogP contribution in [-0.2, 0) is 19.3 Å². The van der Waals surface area contributed by atoms with Crippen LogP contribution < -0.4 is 0 Å². The number of alkyl halides is 3. The number of fused-ring (bicyclic) bond motifs is 2. The van der Waals surface area contributed by atoms with Crippen molar-refractivity contribution in [2.45, 2.75) is 64.5 Å². The molecule has 2 aliphatic heterocycles. The minimum absolute atomic E-state index is 0.0510. The zero-order valence-corrected chi connectivity index (χ0v) is 14.6. The van der Waals surface area contributed by atoms with Crippen LogP contribution in [0.5, 0.6) is 0 Å². The molecule has 1 aromatic carbocycles. The number of rotatable bonds is 3. The molecule has 6 heteroatoms. The number of hydrogen-bond acceptors (Lipinski definition) is 2. The molecule has 2 unspecified atom stereocenters. The highest BCUT2D eigenvalue weighted by Gasteiger charge is 2.44. The minimum atomic E-state index is -4.43. The second-order valence-electron chi connectivity index (χ2n) is 7.87. The highest BCUT2D eigenvalue weighted by molar-refractivity contribution is 5.99. The monoisotopic (exact) mass is 352 g/mol. The number of piperidine rings is 1. The Kier molecular flexibility index (Phi) is 3.87. The van der Waals surface area contributed by atoms with Crippen LogP contribution in [0.3, 0.4) is 0 Å². The zero-order valence-electron chi connectivity index (χ0n) is 14.6. The first-order valence-corrected chi connectivity index (χ1v) is 9.03. The number of amides is 1. The van der Waals surface area contributed by atoms with Crippen LogP contribution >= 0.6 is 0 Å². The molecule has 0 N–H and O–H groups in total. The summed E-state index contributed by atoms with van der Waals surface area (Å²) in [4.78, 5) is 16.4. The molecular formula is C19H23F3N2O. The third-order valence-corrected chi connectivity index (χ3v) is 5.82. The molecule has 1 aliphatic carbocycles. The maximum absolute atomic E-state index is 13.6. The fourth-order valence-electron chi connectivity index (χ4n) is 4.39. The molecule has 25 heavy (non-hydrogen) atoms. The van der Waals surface area contributed by atoms with Gasteiger partial charge in [-0.3, -0.25) is 9.69 Å². The van der Waals surface area contributed by atoms with Crippen molar-refractivity contribution in [3.63, 3.8) is 0 Å². The molecule has 0 aromatic heterocycles. The number of halogens is 3. The molecule has 2 fully saturated rings. The predicted octanol–water partition coefficient (Wildman–Crippen LogP) is 4.05. The van der Waals surface area contributed by atoms with Gasteiger partial charge in [-0.1, -0.05) is 0 Å². The summed E-state index contributed by atoms with van der Waals surface area (Å²) in [6.07, 6.45) is -0.923. The summed E-state index contributed by atoms with van der Waals surface area (Å²) in [6.45, 7) is 5.16. The van der Waals surface area contributed by atoms with E-state index in [1.165, 1.54) is 17.4 Å². The minimum Gasteiger partial charge on any atom is -0.332 e. The Bertz CT molecular complexity index is 713. The van der Waals surface area contributed by atoms with Crippen LogP contribution in [0.4, 0.5) is 13.2 Å². The Morgan fingerprint density at radius 3 is 2.72 bits per heavy atom. The van der Waals surface area contributed by atoms with Gasteiger partial charge in [0.2, 0.25) is 0 Å². The lowest BCUT2D eigenvalue weighted by Gasteiger charge is -2.27. The van der Waals surface area contributed by atoms with Gasteiger partial charge in [-0.25, -0.2) is 0 Å². The third-order valence-electron chi connectivity index (χ3n) is 5.82. The van der Waals surface area contributed by atoms with E-state index >= 15 is 0 Å². The first-order valence-electron chi connectivity index (χ1n) is 9.03. The molecule has 0 bridgehead atoms. The highest BCUT2D eigenvalue weighted by Crippen LogP contribution is 2.44. The van der Waals surface area contributed by atoms with Gasteiger partial charge in [0.15, 0.2) is 0 Å². The lowest BCUT2D eigenvalue weighted by atomic mass is 9.98. The molecule has 4 rings (SSSR count). The number of carbonyl (C=O) groups excluding carboxylic acids is 1. The molecule has 1 amide bonds. The lowest BCUT2D eigenvalue weighted by molar-refractivity contribution is -0.138.